The van der Waals surface area contributed by atoms with Crippen LogP contribution in [0.2, 0.25) is 0 Å². The van der Waals surface area contributed by atoms with Crippen molar-refractivity contribution in [2.75, 3.05) is 14.2 Å². The number of aryl methyl sites for hydroxylation is 2. The minimum atomic E-state index is -0.422. The molecule has 0 spiro atoms. The van der Waals surface area contributed by atoms with Gasteiger partial charge in [-0.15, -0.1) is 0 Å². The van der Waals surface area contributed by atoms with Crippen molar-refractivity contribution in [1.29, 1.82) is 0 Å². The smallest absolute Gasteiger partial charge is 0.312 e. The number of carbonyl (C=O) groups is 1. The van der Waals surface area contributed by atoms with Gasteiger partial charge in [0.05, 0.1) is 29.7 Å². The maximum atomic E-state index is 13.1. The van der Waals surface area contributed by atoms with Crippen LogP contribution in [0.3, 0.4) is 0 Å². The highest BCUT2D eigenvalue weighted by Crippen LogP contribution is 2.34. The largest absolute Gasteiger partial charge is 0.496 e. The number of methoxy groups -OCH3 is 1. The lowest BCUT2D eigenvalue weighted by molar-refractivity contribution is -0.386. The molecule has 1 fully saturated rings. The second kappa shape index (κ2) is 10.8. The van der Waals surface area contributed by atoms with Gasteiger partial charge in [0, 0.05) is 12.6 Å². The van der Waals surface area contributed by atoms with Gasteiger partial charge in [0.1, 0.15) is 17.1 Å². The average molecular weight is 519 g/mol. The first-order valence-corrected chi connectivity index (χ1v) is 12.2. The van der Waals surface area contributed by atoms with Crippen LogP contribution in [-0.2, 0) is 11.3 Å². The molecule has 0 saturated carbocycles. The van der Waals surface area contributed by atoms with Crippen LogP contribution in [0.25, 0.3) is 6.08 Å². The number of ether oxygens (including phenoxy) is 1. The van der Waals surface area contributed by atoms with Gasteiger partial charge in [0.25, 0.3) is 5.91 Å². The third kappa shape index (κ3) is 5.46. The summed E-state index contributed by atoms with van der Waals surface area (Å²) in [5.74, 6) is 0.336. The van der Waals surface area contributed by atoms with Crippen molar-refractivity contribution in [3.63, 3.8) is 0 Å². The monoisotopic (exact) mass is 518 g/mol. The molecule has 0 radical (unpaired) electrons. The molecule has 10 nitrogen and oxygen atoms in total. The van der Waals surface area contributed by atoms with E-state index in [0.717, 1.165) is 22.3 Å². The Hall–Kier alpha value is -4.25. The lowest BCUT2D eigenvalue weighted by Crippen LogP contribution is -2.23. The summed E-state index contributed by atoms with van der Waals surface area (Å²) in [5, 5.41) is 21.9. The molecule has 0 atom stereocenters. The van der Waals surface area contributed by atoms with E-state index in [1.165, 1.54) is 16.8 Å². The van der Waals surface area contributed by atoms with Gasteiger partial charge in [-0.25, -0.2) is 0 Å². The number of nitro groups is 1. The van der Waals surface area contributed by atoms with Gasteiger partial charge in [0.2, 0.25) is 0 Å². The lowest BCUT2D eigenvalue weighted by atomic mass is 10.1. The number of hydrazone groups is 1. The van der Waals surface area contributed by atoms with Gasteiger partial charge in [-0.1, -0.05) is 35.9 Å². The van der Waals surface area contributed by atoms with Crippen molar-refractivity contribution in [3.05, 3.63) is 91.1 Å². The van der Waals surface area contributed by atoms with E-state index in [4.69, 9.17) is 4.74 Å². The molecule has 1 aliphatic rings. The Morgan fingerprint density at radius 1 is 1.14 bits per heavy atom. The van der Waals surface area contributed by atoms with E-state index in [0.29, 0.717) is 27.2 Å². The van der Waals surface area contributed by atoms with Crippen LogP contribution in [0.5, 0.6) is 5.75 Å². The third-order valence-corrected chi connectivity index (χ3v) is 6.88. The molecule has 1 amide bonds. The number of benzene rings is 2. The third-order valence-electron chi connectivity index (χ3n) is 5.82. The van der Waals surface area contributed by atoms with Crippen molar-refractivity contribution < 1.29 is 14.5 Å². The number of aromatic nitrogens is 2. The van der Waals surface area contributed by atoms with Crippen molar-refractivity contribution in [3.8, 4) is 5.75 Å². The molecule has 3 aromatic rings. The molecule has 1 saturated heterocycles. The lowest BCUT2D eigenvalue weighted by Gasteiger charge is -2.11. The first-order chi connectivity index (χ1) is 17.7. The second-order valence-corrected chi connectivity index (χ2v) is 9.40. The molecular formula is C26H26N6O4S. The van der Waals surface area contributed by atoms with E-state index in [9.17, 15) is 14.9 Å². The first-order valence-electron chi connectivity index (χ1n) is 11.4. The van der Waals surface area contributed by atoms with E-state index < -0.39 is 4.92 Å². The number of amidine groups is 1. The van der Waals surface area contributed by atoms with E-state index in [2.05, 4.69) is 15.2 Å². The topological polar surface area (TPSA) is 115 Å². The minimum absolute atomic E-state index is 0.00265. The number of rotatable bonds is 7. The second-order valence-electron chi connectivity index (χ2n) is 8.39. The number of carbonyl (C=O) groups excluding carboxylic acids is 1. The van der Waals surface area contributed by atoms with Crippen molar-refractivity contribution in [1.82, 2.24) is 14.8 Å². The number of nitrogens with zero attached hydrogens (tertiary/aromatic N) is 6. The maximum absolute atomic E-state index is 13.1. The zero-order valence-corrected chi connectivity index (χ0v) is 21.9. The molecular weight excluding hydrogens is 492 g/mol. The predicted molar refractivity (Wildman–Crippen MR) is 145 cm³/mol. The highest BCUT2D eigenvalue weighted by molar-refractivity contribution is 8.18. The molecule has 0 aliphatic carbocycles. The fraction of sp³-hybridized carbons (Fsp3) is 0.231. The molecule has 37 heavy (non-hydrogen) atoms. The fourth-order valence-electron chi connectivity index (χ4n) is 3.92. The molecule has 2 heterocycles. The molecule has 4 rings (SSSR count). The average Bonchev–Trinajstić information content (AvgIpc) is 3.33. The summed E-state index contributed by atoms with van der Waals surface area (Å²) in [7, 11) is 3.18. The Bertz CT molecular complexity index is 1460. The first kappa shape index (κ1) is 25.8. The van der Waals surface area contributed by atoms with E-state index in [1.54, 1.807) is 51.0 Å². The van der Waals surface area contributed by atoms with Crippen LogP contribution in [-0.4, -0.2) is 51.2 Å². The van der Waals surface area contributed by atoms with Gasteiger partial charge in [-0.2, -0.15) is 15.2 Å². The van der Waals surface area contributed by atoms with Gasteiger partial charge < -0.3 is 4.74 Å². The molecule has 0 bridgehead atoms. The summed E-state index contributed by atoms with van der Waals surface area (Å²) in [6.07, 6.45) is 3.40. The molecule has 0 unspecified atom stereocenters. The highest BCUT2D eigenvalue weighted by atomic mass is 32.2. The highest BCUT2D eigenvalue weighted by Gasteiger charge is 2.33. The normalized spacial score (nSPS) is 15.9. The van der Waals surface area contributed by atoms with E-state index in [-0.39, 0.29) is 18.1 Å². The van der Waals surface area contributed by atoms with Crippen LogP contribution >= 0.6 is 11.8 Å². The van der Waals surface area contributed by atoms with Gasteiger partial charge in [-0.05, 0) is 61.9 Å². The molecule has 190 valence electrons. The van der Waals surface area contributed by atoms with Gasteiger partial charge >= 0.3 is 5.69 Å². The molecule has 0 N–H and O–H groups in total. The summed E-state index contributed by atoms with van der Waals surface area (Å²) in [6, 6.07) is 13.3. The van der Waals surface area contributed by atoms with Crippen LogP contribution < -0.4 is 4.74 Å². The van der Waals surface area contributed by atoms with Crippen LogP contribution in [0.4, 0.5) is 5.69 Å². The number of hydrogen-bond donors (Lipinski definition) is 0. The minimum Gasteiger partial charge on any atom is -0.496 e. The summed E-state index contributed by atoms with van der Waals surface area (Å²) in [5.41, 5.74) is 4.37. The predicted octanol–water partition coefficient (Wildman–Crippen LogP) is 4.71. The van der Waals surface area contributed by atoms with Gasteiger partial charge in [-0.3, -0.25) is 24.6 Å². The Kier molecular flexibility index (Phi) is 7.53. The number of hydrogen-bond acceptors (Lipinski definition) is 8. The maximum Gasteiger partial charge on any atom is 0.312 e. The SMILES string of the molecule is CN=C1S/C(=C/c2ccc(OC)c(Cn3nc(C)c([N+](=O)[O-])c3C)c2)C(=O)N1/N=C\c1ccc(C)cc1. The Balaban J connectivity index is 1.62. The molecule has 1 aliphatic heterocycles. The van der Waals surface area contributed by atoms with Crippen LogP contribution in [0, 0.1) is 30.9 Å². The van der Waals surface area contributed by atoms with Crippen molar-refractivity contribution >= 4 is 40.8 Å². The zero-order chi connectivity index (χ0) is 26.7. The summed E-state index contributed by atoms with van der Waals surface area (Å²) < 4.78 is 7.09. The molecule has 11 heteroatoms. The molecule has 2 aromatic carbocycles. The van der Waals surface area contributed by atoms with Crippen molar-refractivity contribution in [2.24, 2.45) is 10.1 Å². The molecule has 1 aromatic heterocycles. The van der Waals surface area contributed by atoms with Crippen LogP contribution in [0.15, 0.2) is 57.5 Å². The summed E-state index contributed by atoms with van der Waals surface area (Å²) >= 11 is 1.24. The summed E-state index contributed by atoms with van der Waals surface area (Å²) in [4.78, 5) is 28.8. The Morgan fingerprint density at radius 2 is 1.84 bits per heavy atom. The zero-order valence-electron chi connectivity index (χ0n) is 21.1. The van der Waals surface area contributed by atoms with Crippen molar-refractivity contribution in [2.45, 2.75) is 27.3 Å². The summed E-state index contributed by atoms with van der Waals surface area (Å²) in [6.45, 7) is 5.56. The Labute approximate surface area is 218 Å². The van der Waals surface area contributed by atoms with Gasteiger partial charge in [0.15, 0.2) is 5.17 Å². The quantitative estimate of drug-likeness (QED) is 0.194. The Morgan fingerprint density at radius 3 is 2.46 bits per heavy atom. The number of amides is 1. The van der Waals surface area contributed by atoms with Crippen LogP contribution in [0.1, 0.15) is 33.6 Å². The fourth-order valence-corrected chi connectivity index (χ4v) is 4.79. The van der Waals surface area contributed by atoms with E-state index in [1.807, 2.05) is 43.3 Å². The number of thioether (sulfide) groups is 1. The number of aliphatic imine (C=N–C) groups is 1. The van der Waals surface area contributed by atoms with E-state index >= 15 is 0 Å². The standard InChI is InChI=1S/C26H26N6O4S/c1-16-6-8-19(9-7-16)14-28-31-25(33)23(37-26(31)27-4)13-20-10-11-22(36-5)21(12-20)15-30-18(3)24(32(34)35)17(2)29-30/h6-14H,15H2,1-5H3/b23-13+,27-26?,28-14-.